The van der Waals surface area contributed by atoms with Gasteiger partial charge in [-0.2, -0.15) is 4.98 Å². The van der Waals surface area contributed by atoms with E-state index in [2.05, 4.69) is 30.1 Å². The first-order valence-electron chi connectivity index (χ1n) is 10.7. The first kappa shape index (κ1) is 22.0. The van der Waals surface area contributed by atoms with Crippen LogP contribution in [0.5, 0.6) is 11.5 Å². The average molecular weight is 447 g/mol. The molecule has 0 radical (unpaired) electrons. The number of rotatable bonds is 6. The van der Waals surface area contributed by atoms with Crippen molar-refractivity contribution in [3.05, 3.63) is 35.5 Å². The molecule has 1 amide bonds. The van der Waals surface area contributed by atoms with E-state index in [0.29, 0.717) is 11.9 Å². The summed E-state index contributed by atoms with van der Waals surface area (Å²) in [6.07, 6.45) is -0.0899. The van der Waals surface area contributed by atoms with Gasteiger partial charge in [-0.3, -0.25) is 4.79 Å². The summed E-state index contributed by atoms with van der Waals surface area (Å²) in [5.74, 6) is 1.43. The van der Waals surface area contributed by atoms with Crippen molar-refractivity contribution < 1.29 is 23.0 Å². The lowest BCUT2D eigenvalue weighted by Gasteiger charge is -2.29. The summed E-state index contributed by atoms with van der Waals surface area (Å²) in [6.45, 7) is 2.72. The number of hydrogen-bond donors (Lipinski definition) is 2. The van der Waals surface area contributed by atoms with Crippen LogP contribution in [0.15, 0.2) is 24.3 Å². The summed E-state index contributed by atoms with van der Waals surface area (Å²) in [7, 11) is 3.89. The molecule has 0 atom stereocenters. The Morgan fingerprint density at radius 1 is 1.12 bits per heavy atom. The number of amides is 1. The van der Waals surface area contributed by atoms with Gasteiger partial charge in [-0.15, -0.1) is 8.78 Å². The number of nitrogens with zero attached hydrogens (tertiary/aromatic N) is 3. The average Bonchev–Trinajstić information content (AvgIpc) is 3.05. The lowest BCUT2D eigenvalue weighted by atomic mass is 9.86. The Morgan fingerprint density at radius 2 is 1.84 bits per heavy atom. The van der Waals surface area contributed by atoms with Gasteiger partial charge in [0.2, 0.25) is 5.95 Å². The van der Waals surface area contributed by atoms with E-state index in [4.69, 9.17) is 0 Å². The number of carbonyl (C=O) groups is 1. The van der Waals surface area contributed by atoms with Crippen molar-refractivity contribution in [2.45, 2.75) is 44.9 Å². The number of halogens is 2. The Kier molecular flexibility index (Phi) is 6.03. The molecule has 1 aromatic heterocycles. The Labute approximate surface area is 185 Å². The molecule has 2 aromatic rings. The van der Waals surface area contributed by atoms with Crippen molar-refractivity contribution >= 4 is 17.7 Å². The van der Waals surface area contributed by atoms with Crippen LogP contribution in [0.1, 0.15) is 41.7 Å². The Hall–Kier alpha value is -3.17. The number of alkyl halides is 2. The molecule has 172 valence electrons. The molecule has 8 nitrogen and oxygen atoms in total. The molecular weight excluding hydrogens is 420 g/mol. The second kappa shape index (κ2) is 8.76. The number of ether oxygens (including phenoxy) is 2. The normalized spacial score (nSPS) is 21.2. The van der Waals surface area contributed by atoms with Crippen LogP contribution in [0.4, 0.5) is 20.5 Å². The van der Waals surface area contributed by atoms with E-state index >= 15 is 0 Å². The van der Waals surface area contributed by atoms with Crippen LogP contribution < -0.4 is 25.0 Å². The number of nitrogens with one attached hydrogen (secondary N) is 2. The number of benzene rings is 1. The molecule has 1 aliphatic carbocycles. The lowest BCUT2D eigenvalue weighted by Crippen LogP contribution is -2.38. The first-order valence-corrected chi connectivity index (χ1v) is 10.7. The molecule has 32 heavy (non-hydrogen) atoms. The molecule has 2 N–H and O–H groups in total. The maximum absolute atomic E-state index is 13.2. The smallest absolute Gasteiger partial charge is 0.395 e. The van der Waals surface area contributed by atoms with Gasteiger partial charge in [0.1, 0.15) is 5.82 Å². The summed E-state index contributed by atoms with van der Waals surface area (Å²) >= 11 is 0. The zero-order valence-electron chi connectivity index (χ0n) is 18.3. The van der Waals surface area contributed by atoms with Crippen LogP contribution in [0, 0.1) is 12.8 Å². The standard InChI is InChI=1S/C22H27F2N5O3/c1-13-10-19(29(2)3)28-21(26-13)25-12-14-4-7-16(8-5-14)27-20(30)15-6-9-17-18(11-15)32-22(23,24)31-17/h6,9-11,14,16H,4-5,7-8,12H2,1-3H3,(H,27,30)(H,25,26,28). The molecule has 1 aromatic carbocycles. The van der Waals surface area contributed by atoms with Crippen LogP contribution in [0.3, 0.4) is 0 Å². The van der Waals surface area contributed by atoms with Crippen LogP contribution in [0.2, 0.25) is 0 Å². The molecule has 1 aliphatic heterocycles. The minimum atomic E-state index is -3.69. The fourth-order valence-corrected chi connectivity index (χ4v) is 3.97. The predicted octanol–water partition coefficient (Wildman–Crippen LogP) is 3.57. The second-order valence-electron chi connectivity index (χ2n) is 8.49. The third-order valence-electron chi connectivity index (χ3n) is 5.69. The quantitative estimate of drug-likeness (QED) is 0.700. The van der Waals surface area contributed by atoms with Crippen molar-refractivity contribution in [3.8, 4) is 11.5 Å². The highest BCUT2D eigenvalue weighted by Crippen LogP contribution is 2.41. The molecule has 1 saturated carbocycles. The van der Waals surface area contributed by atoms with Crippen LogP contribution in [-0.2, 0) is 0 Å². The van der Waals surface area contributed by atoms with Crippen molar-refractivity contribution in [2.75, 3.05) is 30.9 Å². The summed E-state index contributed by atoms with van der Waals surface area (Å²) < 4.78 is 35.1. The fraction of sp³-hybridized carbons (Fsp3) is 0.500. The Morgan fingerprint density at radius 3 is 2.56 bits per heavy atom. The highest BCUT2D eigenvalue weighted by atomic mass is 19.3. The molecule has 0 saturated heterocycles. The summed E-state index contributed by atoms with van der Waals surface area (Å²) in [4.78, 5) is 23.5. The van der Waals surface area contributed by atoms with Crippen LogP contribution in [0.25, 0.3) is 0 Å². The highest BCUT2D eigenvalue weighted by molar-refractivity contribution is 5.95. The van der Waals surface area contributed by atoms with Gasteiger partial charge >= 0.3 is 6.29 Å². The van der Waals surface area contributed by atoms with Gasteiger partial charge in [-0.05, 0) is 56.7 Å². The van der Waals surface area contributed by atoms with Gasteiger partial charge in [0, 0.05) is 44.0 Å². The van der Waals surface area contributed by atoms with Gasteiger partial charge in [0.15, 0.2) is 11.5 Å². The van der Waals surface area contributed by atoms with E-state index in [1.165, 1.54) is 18.2 Å². The molecule has 10 heteroatoms. The molecule has 2 aliphatic rings. The maximum atomic E-state index is 13.2. The van der Waals surface area contributed by atoms with Crippen LogP contribution in [-0.4, -0.2) is 48.9 Å². The van der Waals surface area contributed by atoms with Crippen molar-refractivity contribution in [1.82, 2.24) is 15.3 Å². The van der Waals surface area contributed by atoms with E-state index < -0.39 is 6.29 Å². The zero-order valence-corrected chi connectivity index (χ0v) is 18.3. The molecule has 0 spiro atoms. The monoisotopic (exact) mass is 447 g/mol. The van der Waals surface area contributed by atoms with Gasteiger partial charge in [0.05, 0.1) is 0 Å². The second-order valence-corrected chi connectivity index (χ2v) is 8.49. The maximum Gasteiger partial charge on any atom is 0.586 e. The molecule has 2 heterocycles. The molecular formula is C22H27F2N5O3. The number of aromatic nitrogens is 2. The number of fused-ring (bicyclic) bond motifs is 1. The van der Waals surface area contributed by atoms with E-state index in [1.54, 1.807) is 0 Å². The largest absolute Gasteiger partial charge is 0.586 e. The predicted molar refractivity (Wildman–Crippen MR) is 115 cm³/mol. The lowest BCUT2D eigenvalue weighted by molar-refractivity contribution is -0.286. The molecule has 0 unspecified atom stereocenters. The molecule has 0 bridgehead atoms. The topological polar surface area (TPSA) is 88.6 Å². The van der Waals surface area contributed by atoms with Crippen molar-refractivity contribution in [3.63, 3.8) is 0 Å². The number of hydrogen-bond acceptors (Lipinski definition) is 7. The van der Waals surface area contributed by atoms with E-state index in [9.17, 15) is 13.6 Å². The minimum Gasteiger partial charge on any atom is -0.395 e. The Balaban J connectivity index is 1.25. The number of anilines is 2. The summed E-state index contributed by atoms with van der Waals surface area (Å²) in [5.41, 5.74) is 1.17. The molecule has 4 rings (SSSR count). The van der Waals surface area contributed by atoms with Crippen molar-refractivity contribution in [2.24, 2.45) is 5.92 Å². The molecule has 1 fully saturated rings. The van der Waals surface area contributed by atoms with E-state index in [0.717, 1.165) is 43.7 Å². The van der Waals surface area contributed by atoms with Gasteiger partial charge in [-0.1, -0.05) is 0 Å². The third kappa shape index (κ3) is 5.17. The van der Waals surface area contributed by atoms with E-state index in [-0.39, 0.29) is 29.0 Å². The number of carbonyl (C=O) groups excluding carboxylic acids is 1. The third-order valence-corrected chi connectivity index (χ3v) is 5.69. The summed E-state index contributed by atoms with van der Waals surface area (Å²) in [6, 6.07) is 6.04. The fourth-order valence-electron chi connectivity index (χ4n) is 3.97. The van der Waals surface area contributed by atoms with E-state index in [1.807, 2.05) is 32.0 Å². The summed E-state index contributed by atoms with van der Waals surface area (Å²) in [5, 5.41) is 6.33. The van der Waals surface area contributed by atoms with Gasteiger partial charge in [-0.25, -0.2) is 4.98 Å². The van der Waals surface area contributed by atoms with Crippen LogP contribution >= 0.6 is 0 Å². The minimum absolute atomic E-state index is 0.0428. The Bertz CT molecular complexity index is 994. The van der Waals surface area contributed by atoms with Crippen molar-refractivity contribution in [1.29, 1.82) is 0 Å². The SMILES string of the molecule is Cc1cc(N(C)C)nc(NCC2CCC(NC(=O)c3ccc4c(c3)OC(F)(F)O4)CC2)n1. The van der Waals surface area contributed by atoms with Gasteiger partial charge < -0.3 is 25.0 Å². The zero-order chi connectivity index (χ0) is 22.9. The highest BCUT2D eigenvalue weighted by Gasteiger charge is 2.43. The first-order chi connectivity index (χ1) is 15.2. The number of aryl methyl sites for hydroxylation is 1. The van der Waals surface area contributed by atoms with Gasteiger partial charge in [0.25, 0.3) is 5.91 Å².